The van der Waals surface area contributed by atoms with Crippen LogP contribution in [-0.4, -0.2) is 18.6 Å². The number of benzene rings is 1. The van der Waals surface area contributed by atoms with E-state index in [1.165, 1.54) is 32.1 Å². The summed E-state index contributed by atoms with van der Waals surface area (Å²) in [4.78, 5) is 12.0. The fourth-order valence-electron chi connectivity index (χ4n) is 2.08. The van der Waals surface area contributed by atoms with Crippen molar-refractivity contribution in [2.75, 3.05) is 17.7 Å². The van der Waals surface area contributed by atoms with Gasteiger partial charge in [-0.25, -0.2) is 0 Å². The second kappa shape index (κ2) is 10.2. The molecule has 0 radical (unpaired) electrons. The van der Waals surface area contributed by atoms with Crippen molar-refractivity contribution in [1.29, 1.82) is 0 Å². The second-order valence-electron chi connectivity index (χ2n) is 5.40. The number of carbonyl (C=O) groups is 1. The quantitative estimate of drug-likeness (QED) is 0.506. The molecule has 118 valence electrons. The van der Waals surface area contributed by atoms with Crippen LogP contribution in [0.3, 0.4) is 0 Å². The van der Waals surface area contributed by atoms with E-state index >= 15 is 0 Å². The van der Waals surface area contributed by atoms with Crippen LogP contribution in [0.25, 0.3) is 0 Å². The zero-order valence-corrected chi connectivity index (χ0v) is 13.2. The summed E-state index contributed by atoms with van der Waals surface area (Å²) in [6.45, 7) is 4.63. The van der Waals surface area contributed by atoms with Crippen LogP contribution in [0, 0.1) is 0 Å². The van der Waals surface area contributed by atoms with Gasteiger partial charge in [0.1, 0.15) is 6.10 Å². The molecule has 4 heteroatoms. The number of hydrogen-bond donors (Lipinski definition) is 2. The van der Waals surface area contributed by atoms with Crippen LogP contribution in [0.15, 0.2) is 24.3 Å². The lowest BCUT2D eigenvalue weighted by Crippen LogP contribution is -2.28. The molecular formula is C17H28N2O2. The molecular weight excluding hydrogens is 264 g/mol. The minimum Gasteiger partial charge on any atom is -0.399 e. The van der Waals surface area contributed by atoms with Crippen LogP contribution < -0.4 is 11.1 Å². The standard InChI is InChI=1S/C17H28N2O2/c1-3-4-5-6-7-8-12-21-14(2)17(20)19-16-11-9-10-15(18)13-16/h9-11,13-14H,3-8,12,18H2,1-2H3,(H,19,20). The monoisotopic (exact) mass is 292 g/mol. The highest BCUT2D eigenvalue weighted by Crippen LogP contribution is 2.12. The summed E-state index contributed by atoms with van der Waals surface area (Å²) in [6.07, 6.45) is 6.85. The molecule has 1 rings (SSSR count). The zero-order valence-electron chi connectivity index (χ0n) is 13.2. The minimum absolute atomic E-state index is 0.133. The van der Waals surface area contributed by atoms with E-state index in [0.717, 1.165) is 6.42 Å². The third kappa shape index (κ3) is 7.71. The van der Waals surface area contributed by atoms with E-state index in [1.54, 1.807) is 19.1 Å². The van der Waals surface area contributed by atoms with Gasteiger partial charge in [-0.2, -0.15) is 0 Å². The van der Waals surface area contributed by atoms with Crippen LogP contribution in [-0.2, 0) is 9.53 Å². The average Bonchev–Trinajstić information content (AvgIpc) is 2.46. The van der Waals surface area contributed by atoms with Crippen LogP contribution >= 0.6 is 0 Å². The van der Waals surface area contributed by atoms with Crippen molar-refractivity contribution in [2.45, 2.75) is 58.5 Å². The lowest BCUT2D eigenvalue weighted by Gasteiger charge is -2.13. The number of nitrogens with two attached hydrogens (primary N) is 1. The summed E-state index contributed by atoms with van der Waals surface area (Å²) in [5.74, 6) is -0.133. The highest BCUT2D eigenvalue weighted by Gasteiger charge is 2.13. The van der Waals surface area contributed by atoms with Crippen molar-refractivity contribution in [2.24, 2.45) is 0 Å². The van der Waals surface area contributed by atoms with Crippen molar-refractivity contribution in [3.8, 4) is 0 Å². The molecule has 3 N–H and O–H groups in total. The van der Waals surface area contributed by atoms with Gasteiger partial charge in [-0.15, -0.1) is 0 Å². The van der Waals surface area contributed by atoms with Gasteiger partial charge in [0.25, 0.3) is 5.91 Å². The Balaban J connectivity index is 2.16. The van der Waals surface area contributed by atoms with Crippen LogP contribution in [0.2, 0.25) is 0 Å². The third-order valence-corrected chi connectivity index (χ3v) is 3.39. The fourth-order valence-corrected chi connectivity index (χ4v) is 2.08. The molecule has 0 spiro atoms. The van der Waals surface area contributed by atoms with Gasteiger partial charge in [0.05, 0.1) is 0 Å². The van der Waals surface area contributed by atoms with Crippen LogP contribution in [0.4, 0.5) is 11.4 Å². The molecule has 1 aromatic carbocycles. The van der Waals surface area contributed by atoms with E-state index in [0.29, 0.717) is 18.0 Å². The molecule has 0 saturated heterocycles. The number of amides is 1. The Bertz CT molecular complexity index is 421. The Kier molecular flexibility index (Phi) is 8.51. The number of carbonyl (C=O) groups excluding carboxylic acids is 1. The number of ether oxygens (including phenoxy) is 1. The van der Waals surface area contributed by atoms with Crippen molar-refractivity contribution >= 4 is 17.3 Å². The molecule has 1 aromatic rings. The molecule has 0 heterocycles. The minimum atomic E-state index is -0.443. The molecule has 4 nitrogen and oxygen atoms in total. The number of nitrogens with one attached hydrogen (secondary N) is 1. The molecule has 1 unspecified atom stereocenters. The van der Waals surface area contributed by atoms with E-state index in [2.05, 4.69) is 12.2 Å². The van der Waals surface area contributed by atoms with Crippen LogP contribution in [0.1, 0.15) is 52.4 Å². The maximum atomic E-state index is 12.0. The van der Waals surface area contributed by atoms with Gasteiger partial charge in [-0.05, 0) is 31.5 Å². The summed E-state index contributed by atoms with van der Waals surface area (Å²) in [6, 6.07) is 7.15. The Morgan fingerprint density at radius 1 is 1.24 bits per heavy atom. The fraction of sp³-hybridized carbons (Fsp3) is 0.588. The van der Waals surface area contributed by atoms with Gasteiger partial charge in [-0.1, -0.05) is 45.1 Å². The van der Waals surface area contributed by atoms with Crippen molar-refractivity contribution in [1.82, 2.24) is 0 Å². The van der Waals surface area contributed by atoms with Crippen molar-refractivity contribution in [3.05, 3.63) is 24.3 Å². The Hall–Kier alpha value is -1.55. The number of rotatable bonds is 10. The Labute approximate surface area is 128 Å². The topological polar surface area (TPSA) is 64.3 Å². The first-order chi connectivity index (χ1) is 10.1. The SMILES string of the molecule is CCCCCCCCOC(C)C(=O)Nc1cccc(N)c1. The summed E-state index contributed by atoms with van der Waals surface area (Å²) in [5, 5.41) is 2.81. The smallest absolute Gasteiger partial charge is 0.253 e. The van der Waals surface area contributed by atoms with Gasteiger partial charge in [0.15, 0.2) is 0 Å². The van der Waals surface area contributed by atoms with E-state index in [-0.39, 0.29) is 5.91 Å². The van der Waals surface area contributed by atoms with Crippen molar-refractivity contribution < 1.29 is 9.53 Å². The van der Waals surface area contributed by atoms with Crippen molar-refractivity contribution in [3.63, 3.8) is 0 Å². The molecule has 1 atom stereocenters. The first-order valence-electron chi connectivity index (χ1n) is 7.91. The van der Waals surface area contributed by atoms with Gasteiger partial charge in [-0.3, -0.25) is 4.79 Å². The average molecular weight is 292 g/mol. The molecule has 0 bridgehead atoms. The normalized spacial score (nSPS) is 12.1. The summed E-state index contributed by atoms with van der Waals surface area (Å²) >= 11 is 0. The second-order valence-corrected chi connectivity index (χ2v) is 5.40. The van der Waals surface area contributed by atoms with E-state index in [4.69, 9.17) is 10.5 Å². The largest absolute Gasteiger partial charge is 0.399 e. The molecule has 0 aromatic heterocycles. The van der Waals surface area contributed by atoms with Gasteiger partial charge in [0, 0.05) is 18.0 Å². The number of nitrogen functional groups attached to an aromatic ring is 1. The van der Waals surface area contributed by atoms with E-state index in [9.17, 15) is 4.79 Å². The molecule has 0 aliphatic carbocycles. The first kappa shape index (κ1) is 17.5. The van der Waals surface area contributed by atoms with Gasteiger partial charge in [0.2, 0.25) is 0 Å². The Morgan fingerprint density at radius 2 is 1.95 bits per heavy atom. The highest BCUT2D eigenvalue weighted by molar-refractivity contribution is 5.94. The first-order valence-corrected chi connectivity index (χ1v) is 7.91. The molecule has 0 saturated carbocycles. The summed E-state index contributed by atoms with van der Waals surface area (Å²) in [5.41, 5.74) is 7.01. The summed E-state index contributed by atoms with van der Waals surface area (Å²) < 4.78 is 5.57. The van der Waals surface area contributed by atoms with E-state index in [1.807, 2.05) is 12.1 Å². The third-order valence-electron chi connectivity index (χ3n) is 3.39. The number of hydrogen-bond acceptors (Lipinski definition) is 3. The predicted octanol–water partition coefficient (Wildman–Crippen LogP) is 3.97. The lowest BCUT2D eigenvalue weighted by molar-refractivity contribution is -0.126. The van der Waals surface area contributed by atoms with Gasteiger partial charge < -0.3 is 15.8 Å². The summed E-state index contributed by atoms with van der Waals surface area (Å²) in [7, 11) is 0. The molecule has 1 amide bonds. The zero-order chi connectivity index (χ0) is 15.5. The maximum absolute atomic E-state index is 12.0. The number of anilines is 2. The maximum Gasteiger partial charge on any atom is 0.253 e. The molecule has 0 fully saturated rings. The highest BCUT2D eigenvalue weighted by atomic mass is 16.5. The lowest BCUT2D eigenvalue weighted by atomic mass is 10.1. The predicted molar refractivity (Wildman–Crippen MR) is 88.3 cm³/mol. The molecule has 0 aliphatic rings. The molecule has 21 heavy (non-hydrogen) atoms. The van der Waals surface area contributed by atoms with Gasteiger partial charge >= 0.3 is 0 Å². The van der Waals surface area contributed by atoms with Crippen LogP contribution in [0.5, 0.6) is 0 Å². The Morgan fingerprint density at radius 3 is 2.67 bits per heavy atom. The number of unbranched alkanes of at least 4 members (excludes halogenated alkanes) is 5. The van der Waals surface area contributed by atoms with E-state index < -0.39 is 6.10 Å². The molecule has 0 aliphatic heterocycles.